The Hall–Kier alpha value is -3.12. The molecule has 1 aromatic rings. The van der Waals surface area contributed by atoms with Gasteiger partial charge in [-0.15, -0.1) is 0 Å². The number of urea groups is 1. The van der Waals surface area contributed by atoms with Gasteiger partial charge in [0.1, 0.15) is 18.2 Å². The number of hydrogen-bond donors (Lipinski definition) is 2. The van der Waals surface area contributed by atoms with E-state index in [9.17, 15) is 19.2 Å². The Morgan fingerprint density at radius 2 is 2.10 bits per heavy atom. The number of benzene rings is 1. The number of rotatable bonds is 8. The second-order valence-electron chi connectivity index (χ2n) is 6.77. The highest BCUT2D eigenvalue weighted by Crippen LogP contribution is 2.23. The third kappa shape index (κ3) is 5.45. The summed E-state index contributed by atoms with van der Waals surface area (Å²) in [6, 6.07) is 5.57. The number of anilines is 1. The predicted octanol–water partition coefficient (Wildman–Crippen LogP) is 2.19. The van der Waals surface area contributed by atoms with Crippen molar-refractivity contribution >= 4 is 41.1 Å². The molecule has 9 nitrogen and oxygen atoms in total. The van der Waals surface area contributed by atoms with Crippen LogP contribution in [0.15, 0.2) is 18.2 Å². The highest BCUT2D eigenvalue weighted by molar-refractivity contribution is 6.31. The standard InChI is InChI=1S/C19H21ClN4O5/c1-3-4-7-19(2)17(27)24(18(28)23-19)10-16(26)29-11-15(25)22-14-8-13(20)6-5-12(14)9-21/h5-6,8H,3-4,7,10-11H2,1-2H3,(H,22,25)(H,23,28)/t19-/m0/s1. The molecule has 1 aliphatic rings. The molecule has 1 saturated heterocycles. The van der Waals surface area contributed by atoms with Gasteiger partial charge in [-0.3, -0.25) is 19.3 Å². The quantitative estimate of drug-likeness (QED) is 0.490. The third-order valence-corrected chi connectivity index (χ3v) is 4.64. The summed E-state index contributed by atoms with van der Waals surface area (Å²) in [4.78, 5) is 49.3. The minimum Gasteiger partial charge on any atom is -0.454 e. The summed E-state index contributed by atoms with van der Waals surface area (Å²) >= 11 is 5.84. The van der Waals surface area contributed by atoms with Gasteiger partial charge in [0.2, 0.25) is 0 Å². The van der Waals surface area contributed by atoms with E-state index in [0.29, 0.717) is 11.4 Å². The first-order valence-electron chi connectivity index (χ1n) is 8.99. The molecular formula is C19H21ClN4O5. The number of esters is 1. The average Bonchev–Trinajstić information content (AvgIpc) is 2.88. The summed E-state index contributed by atoms with van der Waals surface area (Å²) < 4.78 is 4.85. The SMILES string of the molecule is CCCC[C@]1(C)NC(=O)N(CC(=O)OCC(=O)Nc2cc(Cl)ccc2C#N)C1=O. The van der Waals surface area contributed by atoms with Crippen molar-refractivity contribution in [2.24, 2.45) is 0 Å². The largest absolute Gasteiger partial charge is 0.454 e. The van der Waals surface area contributed by atoms with Gasteiger partial charge in [0, 0.05) is 5.02 Å². The normalized spacial score (nSPS) is 18.2. The van der Waals surface area contributed by atoms with Gasteiger partial charge in [-0.05, 0) is 31.5 Å². The fraction of sp³-hybridized carbons (Fsp3) is 0.421. The van der Waals surface area contributed by atoms with Gasteiger partial charge in [-0.1, -0.05) is 31.4 Å². The summed E-state index contributed by atoms with van der Waals surface area (Å²) in [6.07, 6.45) is 2.06. The maximum atomic E-state index is 12.5. The maximum absolute atomic E-state index is 12.5. The minimum atomic E-state index is -1.05. The van der Waals surface area contributed by atoms with Crippen molar-refractivity contribution in [3.05, 3.63) is 28.8 Å². The summed E-state index contributed by atoms with van der Waals surface area (Å²) in [5, 5.41) is 14.4. The number of nitriles is 1. The van der Waals surface area contributed by atoms with Crippen LogP contribution in [0.1, 0.15) is 38.7 Å². The van der Waals surface area contributed by atoms with Crippen molar-refractivity contribution in [3.63, 3.8) is 0 Å². The van der Waals surface area contributed by atoms with Crippen molar-refractivity contribution in [1.82, 2.24) is 10.2 Å². The molecule has 1 fully saturated rings. The van der Waals surface area contributed by atoms with Gasteiger partial charge in [0.15, 0.2) is 6.61 Å². The van der Waals surface area contributed by atoms with Crippen molar-refractivity contribution in [1.29, 1.82) is 5.26 Å². The molecule has 0 saturated carbocycles. The number of ether oxygens (including phenoxy) is 1. The summed E-state index contributed by atoms with van der Waals surface area (Å²) in [6.45, 7) is 2.33. The molecule has 0 aliphatic carbocycles. The second kappa shape index (κ2) is 9.39. The van der Waals surface area contributed by atoms with E-state index >= 15 is 0 Å². The van der Waals surface area contributed by atoms with Crippen LogP contribution < -0.4 is 10.6 Å². The van der Waals surface area contributed by atoms with E-state index < -0.39 is 42.5 Å². The molecular weight excluding hydrogens is 400 g/mol. The van der Waals surface area contributed by atoms with Crippen molar-refractivity contribution in [2.45, 2.75) is 38.6 Å². The molecule has 0 aromatic heterocycles. The molecule has 0 spiro atoms. The first-order chi connectivity index (χ1) is 13.7. The zero-order valence-corrected chi connectivity index (χ0v) is 16.8. The van der Waals surface area contributed by atoms with E-state index in [1.165, 1.54) is 18.2 Å². The van der Waals surface area contributed by atoms with Gasteiger partial charge >= 0.3 is 12.0 Å². The topological polar surface area (TPSA) is 129 Å². The first kappa shape index (κ1) is 22.2. The highest BCUT2D eigenvalue weighted by Gasteiger charge is 2.47. The van der Waals surface area contributed by atoms with Crippen LogP contribution in [0, 0.1) is 11.3 Å². The van der Waals surface area contributed by atoms with Crippen LogP contribution in [0.5, 0.6) is 0 Å². The molecule has 1 atom stereocenters. The van der Waals surface area contributed by atoms with Crippen molar-refractivity contribution in [3.8, 4) is 6.07 Å². The minimum absolute atomic E-state index is 0.182. The van der Waals surface area contributed by atoms with Crippen LogP contribution in [0.2, 0.25) is 5.02 Å². The molecule has 1 heterocycles. The Morgan fingerprint density at radius 3 is 2.76 bits per heavy atom. The van der Waals surface area contributed by atoms with Crippen molar-refractivity contribution < 1.29 is 23.9 Å². The molecule has 0 unspecified atom stereocenters. The summed E-state index contributed by atoms with van der Waals surface area (Å²) in [7, 11) is 0. The average molecular weight is 421 g/mol. The van der Waals surface area contributed by atoms with E-state index in [4.69, 9.17) is 21.6 Å². The Kier molecular flexibility index (Phi) is 7.18. The number of amides is 4. The van der Waals surface area contributed by atoms with Gasteiger partial charge < -0.3 is 15.4 Å². The smallest absolute Gasteiger partial charge is 0.326 e. The Morgan fingerprint density at radius 1 is 1.38 bits per heavy atom. The second-order valence-corrected chi connectivity index (χ2v) is 7.20. The van der Waals surface area contributed by atoms with E-state index in [-0.39, 0.29) is 11.3 Å². The molecule has 4 amide bonds. The van der Waals surface area contributed by atoms with Gasteiger partial charge in [0.05, 0.1) is 11.3 Å². The molecule has 1 aliphatic heterocycles. The first-order valence-corrected chi connectivity index (χ1v) is 9.37. The zero-order chi connectivity index (χ0) is 21.6. The number of imide groups is 1. The molecule has 154 valence electrons. The number of nitrogens with one attached hydrogen (secondary N) is 2. The Bertz CT molecular complexity index is 882. The van der Waals surface area contributed by atoms with Crippen LogP contribution in [-0.4, -0.2) is 47.4 Å². The van der Waals surface area contributed by atoms with E-state index in [1.807, 2.05) is 13.0 Å². The van der Waals surface area contributed by atoms with Crippen LogP contribution >= 0.6 is 11.6 Å². The lowest BCUT2D eigenvalue weighted by Crippen LogP contribution is -2.44. The molecule has 1 aromatic carbocycles. The monoisotopic (exact) mass is 420 g/mol. The molecule has 10 heteroatoms. The summed E-state index contributed by atoms with van der Waals surface area (Å²) in [5.41, 5.74) is -0.674. The third-order valence-electron chi connectivity index (χ3n) is 4.40. The predicted molar refractivity (Wildman–Crippen MR) is 104 cm³/mol. The fourth-order valence-electron chi connectivity index (χ4n) is 2.81. The Labute approximate surface area is 172 Å². The van der Waals surface area contributed by atoms with E-state index in [2.05, 4.69) is 10.6 Å². The zero-order valence-electron chi connectivity index (χ0n) is 16.1. The molecule has 2 rings (SSSR count). The number of halogens is 1. The van der Waals surface area contributed by atoms with Crippen LogP contribution in [0.4, 0.5) is 10.5 Å². The maximum Gasteiger partial charge on any atom is 0.326 e. The number of nitrogens with zero attached hydrogens (tertiary/aromatic N) is 2. The van der Waals surface area contributed by atoms with Crippen LogP contribution in [-0.2, 0) is 19.1 Å². The molecule has 0 bridgehead atoms. The number of carbonyl (C=O) groups is 4. The van der Waals surface area contributed by atoms with E-state index in [1.54, 1.807) is 6.92 Å². The number of hydrogen-bond acceptors (Lipinski definition) is 6. The highest BCUT2D eigenvalue weighted by atomic mass is 35.5. The van der Waals surface area contributed by atoms with Gasteiger partial charge in [0.25, 0.3) is 11.8 Å². The molecule has 2 N–H and O–H groups in total. The van der Waals surface area contributed by atoms with Crippen LogP contribution in [0.3, 0.4) is 0 Å². The lowest BCUT2D eigenvalue weighted by Gasteiger charge is -2.21. The van der Waals surface area contributed by atoms with Gasteiger partial charge in [-0.2, -0.15) is 5.26 Å². The van der Waals surface area contributed by atoms with Crippen molar-refractivity contribution in [2.75, 3.05) is 18.5 Å². The fourth-order valence-corrected chi connectivity index (χ4v) is 2.99. The lowest BCUT2D eigenvalue weighted by atomic mass is 9.95. The summed E-state index contributed by atoms with van der Waals surface area (Å²) in [5.74, 6) is -2.10. The molecule has 29 heavy (non-hydrogen) atoms. The lowest BCUT2D eigenvalue weighted by molar-refractivity contribution is -0.150. The van der Waals surface area contributed by atoms with Crippen LogP contribution in [0.25, 0.3) is 0 Å². The van der Waals surface area contributed by atoms with E-state index in [0.717, 1.165) is 17.7 Å². The Balaban J connectivity index is 1.89. The molecule has 0 radical (unpaired) electrons. The number of unbranched alkanes of at least 4 members (excludes halogenated alkanes) is 1. The van der Waals surface area contributed by atoms with Gasteiger partial charge in [-0.25, -0.2) is 4.79 Å². The number of carbonyl (C=O) groups excluding carboxylic acids is 4.